The van der Waals surface area contributed by atoms with Crippen molar-refractivity contribution >= 4 is 20.0 Å². The second-order valence-corrected chi connectivity index (χ2v) is 10.4. The van der Waals surface area contributed by atoms with Crippen LogP contribution in [0.15, 0.2) is 0 Å². The van der Waals surface area contributed by atoms with E-state index >= 15 is 0 Å². The molecule has 3 aliphatic rings. The van der Waals surface area contributed by atoms with E-state index in [0.717, 1.165) is 38.5 Å². The minimum absolute atomic E-state index is 0.146. The highest BCUT2D eigenvalue weighted by Gasteiger charge is 2.41. The topological polar surface area (TPSA) is 83.6 Å². The van der Waals surface area contributed by atoms with Crippen molar-refractivity contribution in [1.82, 2.24) is 9.03 Å². The molecule has 1 aliphatic heterocycles. The summed E-state index contributed by atoms with van der Waals surface area (Å²) >= 11 is 0. The number of sulfonamides is 2. The average Bonchev–Trinajstić information content (AvgIpc) is 3.29. The van der Waals surface area contributed by atoms with Crippen LogP contribution in [0.25, 0.3) is 0 Å². The number of hydrogen-bond acceptors (Lipinski definition) is 4. The molecule has 0 amide bonds. The maximum absolute atomic E-state index is 12.1. The van der Waals surface area contributed by atoms with Crippen LogP contribution in [0, 0.1) is 5.92 Å². The van der Waals surface area contributed by atoms with Gasteiger partial charge in [-0.1, -0.05) is 0 Å². The summed E-state index contributed by atoms with van der Waals surface area (Å²) in [4.78, 5) is 0. The van der Waals surface area contributed by atoms with Gasteiger partial charge in [0.2, 0.25) is 20.0 Å². The minimum atomic E-state index is -3.11. The van der Waals surface area contributed by atoms with E-state index in [-0.39, 0.29) is 16.4 Å². The number of nitrogens with zero attached hydrogens (tertiary/aromatic N) is 1. The van der Waals surface area contributed by atoms with Crippen molar-refractivity contribution in [2.45, 2.75) is 49.0 Å². The van der Waals surface area contributed by atoms with Gasteiger partial charge in [0.05, 0.1) is 10.5 Å². The lowest BCUT2D eigenvalue weighted by molar-refractivity contribution is 0.274. The van der Waals surface area contributed by atoms with E-state index in [0.29, 0.717) is 19.6 Å². The SMILES string of the molecule is O=S(=O)(NCC1CCN(S(=O)(=O)C2CC2)CC1)C1CC1. The fourth-order valence-electron chi connectivity index (χ4n) is 2.67. The predicted octanol–water partition coefficient (Wildman–Crippen LogP) is 0.272. The van der Waals surface area contributed by atoms with Crippen LogP contribution in [0.3, 0.4) is 0 Å². The summed E-state index contributed by atoms with van der Waals surface area (Å²) in [5.74, 6) is 0.258. The van der Waals surface area contributed by atoms with Gasteiger partial charge in [-0.25, -0.2) is 25.9 Å². The van der Waals surface area contributed by atoms with Gasteiger partial charge >= 0.3 is 0 Å². The molecule has 0 aromatic rings. The smallest absolute Gasteiger partial charge is 0.215 e. The predicted molar refractivity (Wildman–Crippen MR) is 76.2 cm³/mol. The molecule has 1 saturated heterocycles. The van der Waals surface area contributed by atoms with E-state index < -0.39 is 20.0 Å². The van der Waals surface area contributed by atoms with Crippen LogP contribution < -0.4 is 4.72 Å². The van der Waals surface area contributed by atoms with Gasteiger partial charge in [-0.05, 0) is 44.4 Å². The molecule has 1 heterocycles. The fourth-order valence-corrected chi connectivity index (χ4v) is 6.01. The first kappa shape index (κ1) is 14.7. The Morgan fingerprint density at radius 3 is 1.90 bits per heavy atom. The van der Waals surface area contributed by atoms with E-state index in [1.165, 1.54) is 0 Å². The first-order valence-electron chi connectivity index (χ1n) is 7.37. The molecular formula is C12H22N2O4S2. The summed E-state index contributed by atoms with van der Waals surface area (Å²) in [7, 11) is -6.18. The van der Waals surface area contributed by atoms with Crippen LogP contribution in [-0.4, -0.2) is 51.3 Å². The van der Waals surface area contributed by atoms with E-state index in [1.54, 1.807) is 4.31 Å². The Hall–Kier alpha value is -0.180. The zero-order chi connectivity index (χ0) is 14.4. The van der Waals surface area contributed by atoms with Crippen LogP contribution >= 0.6 is 0 Å². The zero-order valence-corrected chi connectivity index (χ0v) is 13.1. The molecule has 3 fully saturated rings. The molecule has 6 nitrogen and oxygen atoms in total. The van der Waals surface area contributed by atoms with Crippen molar-refractivity contribution in [2.24, 2.45) is 5.92 Å². The molecular weight excluding hydrogens is 300 g/mol. The van der Waals surface area contributed by atoms with Crippen molar-refractivity contribution in [2.75, 3.05) is 19.6 Å². The van der Waals surface area contributed by atoms with E-state index in [1.807, 2.05) is 0 Å². The highest BCUT2D eigenvalue weighted by molar-refractivity contribution is 7.90. The molecule has 0 radical (unpaired) electrons. The Bertz CT molecular complexity index is 556. The average molecular weight is 322 g/mol. The molecule has 0 aromatic carbocycles. The van der Waals surface area contributed by atoms with E-state index in [9.17, 15) is 16.8 Å². The lowest BCUT2D eigenvalue weighted by atomic mass is 9.99. The number of piperidine rings is 1. The van der Waals surface area contributed by atoms with E-state index in [4.69, 9.17) is 0 Å². The first-order chi connectivity index (χ1) is 9.39. The van der Waals surface area contributed by atoms with Gasteiger partial charge in [0, 0.05) is 19.6 Å². The molecule has 3 rings (SSSR count). The molecule has 0 bridgehead atoms. The highest BCUT2D eigenvalue weighted by Crippen LogP contribution is 2.33. The van der Waals surface area contributed by atoms with Gasteiger partial charge in [-0.2, -0.15) is 0 Å². The van der Waals surface area contributed by atoms with Gasteiger partial charge in [-0.3, -0.25) is 0 Å². The molecule has 0 spiro atoms. The Morgan fingerprint density at radius 1 is 0.850 bits per heavy atom. The summed E-state index contributed by atoms with van der Waals surface area (Å²) in [6.45, 7) is 1.53. The third kappa shape index (κ3) is 3.18. The molecule has 2 saturated carbocycles. The molecule has 2 aliphatic carbocycles. The first-order valence-corrected chi connectivity index (χ1v) is 10.4. The van der Waals surface area contributed by atoms with Crippen molar-refractivity contribution < 1.29 is 16.8 Å². The molecule has 20 heavy (non-hydrogen) atoms. The fraction of sp³-hybridized carbons (Fsp3) is 1.00. The summed E-state index contributed by atoms with van der Waals surface area (Å²) < 4.78 is 51.9. The lowest BCUT2D eigenvalue weighted by Gasteiger charge is -2.31. The number of rotatable bonds is 6. The summed E-state index contributed by atoms with van der Waals surface area (Å²) in [6.07, 6.45) is 4.63. The third-order valence-electron chi connectivity index (χ3n) is 4.42. The molecule has 1 N–H and O–H groups in total. The van der Waals surface area contributed by atoms with E-state index in [2.05, 4.69) is 4.72 Å². The Morgan fingerprint density at radius 2 is 1.40 bits per heavy atom. The summed E-state index contributed by atoms with van der Waals surface area (Å²) in [6, 6.07) is 0. The van der Waals surface area contributed by atoms with Gasteiger partial charge in [-0.15, -0.1) is 0 Å². The van der Waals surface area contributed by atoms with Gasteiger partial charge in [0.1, 0.15) is 0 Å². The largest absolute Gasteiger partial charge is 0.216 e. The maximum Gasteiger partial charge on any atom is 0.216 e. The standard InChI is InChI=1S/C12H22N2O4S2/c15-19(16,11-1-2-11)13-9-10-5-7-14(8-6-10)20(17,18)12-3-4-12/h10-13H,1-9H2. The second kappa shape index (κ2) is 5.23. The quantitative estimate of drug-likeness (QED) is 0.761. The Balaban J connectivity index is 1.46. The number of hydrogen-bond donors (Lipinski definition) is 1. The van der Waals surface area contributed by atoms with Crippen molar-refractivity contribution in [3.05, 3.63) is 0 Å². The highest BCUT2D eigenvalue weighted by atomic mass is 32.2. The van der Waals surface area contributed by atoms with Gasteiger partial charge in [0.15, 0.2) is 0 Å². The van der Waals surface area contributed by atoms with Gasteiger partial charge in [0.25, 0.3) is 0 Å². The van der Waals surface area contributed by atoms with Crippen LogP contribution in [0.5, 0.6) is 0 Å². The minimum Gasteiger partial charge on any atom is -0.215 e. The summed E-state index contributed by atoms with van der Waals surface area (Å²) in [5.41, 5.74) is 0. The molecule has 0 atom stereocenters. The monoisotopic (exact) mass is 322 g/mol. The molecule has 0 aromatic heterocycles. The lowest BCUT2D eigenvalue weighted by Crippen LogP contribution is -2.43. The Labute approximate surface area is 121 Å². The van der Waals surface area contributed by atoms with Crippen molar-refractivity contribution in [3.8, 4) is 0 Å². The normalized spacial score (nSPS) is 26.8. The maximum atomic E-state index is 12.1. The van der Waals surface area contributed by atoms with Crippen LogP contribution in [0.2, 0.25) is 0 Å². The Kier molecular flexibility index (Phi) is 3.85. The zero-order valence-electron chi connectivity index (χ0n) is 11.5. The molecule has 0 unspecified atom stereocenters. The second-order valence-electron chi connectivity index (χ2n) is 6.18. The van der Waals surface area contributed by atoms with Crippen molar-refractivity contribution in [3.63, 3.8) is 0 Å². The molecule has 116 valence electrons. The third-order valence-corrected chi connectivity index (χ3v) is 8.73. The van der Waals surface area contributed by atoms with Crippen LogP contribution in [0.1, 0.15) is 38.5 Å². The van der Waals surface area contributed by atoms with Gasteiger partial charge < -0.3 is 0 Å². The van der Waals surface area contributed by atoms with Crippen LogP contribution in [0.4, 0.5) is 0 Å². The summed E-state index contributed by atoms with van der Waals surface area (Å²) in [5, 5.41) is -0.328. The van der Waals surface area contributed by atoms with Crippen molar-refractivity contribution in [1.29, 1.82) is 0 Å². The number of nitrogens with one attached hydrogen (secondary N) is 1. The molecule has 8 heteroatoms. The van der Waals surface area contributed by atoms with Crippen LogP contribution in [-0.2, 0) is 20.0 Å².